The minimum absolute atomic E-state index is 0.0128. The van der Waals surface area contributed by atoms with E-state index in [2.05, 4.69) is 10.2 Å². The predicted molar refractivity (Wildman–Crippen MR) is 122 cm³/mol. The van der Waals surface area contributed by atoms with E-state index in [4.69, 9.17) is 4.74 Å². The van der Waals surface area contributed by atoms with Crippen LogP contribution in [-0.4, -0.2) is 57.0 Å². The van der Waals surface area contributed by atoms with Crippen LogP contribution in [0.25, 0.3) is 10.6 Å². The van der Waals surface area contributed by atoms with Gasteiger partial charge in [-0.2, -0.15) is 0 Å². The number of likely N-dealkylation sites (N-methyl/N-ethyl adjacent to an activating group) is 1. The summed E-state index contributed by atoms with van der Waals surface area (Å²) >= 11 is 1.22. The largest absolute Gasteiger partial charge is 0.503 e. The Morgan fingerprint density at radius 3 is 2.67 bits per heavy atom. The highest BCUT2D eigenvalue weighted by molar-refractivity contribution is 7.14. The first-order chi connectivity index (χ1) is 15.8. The number of carbonyl (C=O) groups is 1. The van der Waals surface area contributed by atoms with Crippen molar-refractivity contribution in [2.24, 2.45) is 0 Å². The zero-order chi connectivity index (χ0) is 23.7. The number of hydrogen-bond acceptors (Lipinski definition) is 7. The summed E-state index contributed by atoms with van der Waals surface area (Å²) in [5.74, 6) is -1.28. The number of hydrogen-bond donors (Lipinski definition) is 1. The third-order valence-electron chi connectivity index (χ3n) is 5.88. The molecule has 4 rings (SSSR count). The van der Waals surface area contributed by atoms with Crippen molar-refractivity contribution in [2.45, 2.75) is 38.8 Å². The maximum atomic E-state index is 13.2. The van der Waals surface area contributed by atoms with Crippen molar-refractivity contribution in [2.75, 3.05) is 20.2 Å². The van der Waals surface area contributed by atoms with Gasteiger partial charge < -0.3 is 19.3 Å². The summed E-state index contributed by atoms with van der Waals surface area (Å²) in [6, 6.07) is 5.92. The van der Waals surface area contributed by atoms with Crippen molar-refractivity contribution in [1.82, 2.24) is 19.7 Å². The molecule has 1 amide bonds. The van der Waals surface area contributed by atoms with Crippen LogP contribution in [0, 0.1) is 5.82 Å². The van der Waals surface area contributed by atoms with Crippen LogP contribution in [0.4, 0.5) is 4.39 Å². The van der Waals surface area contributed by atoms with Crippen LogP contribution < -0.4 is 5.43 Å². The summed E-state index contributed by atoms with van der Waals surface area (Å²) in [4.78, 5) is 27.6. The number of rotatable bonds is 7. The van der Waals surface area contributed by atoms with Crippen LogP contribution in [0.5, 0.6) is 5.75 Å². The van der Waals surface area contributed by atoms with Crippen molar-refractivity contribution in [3.05, 3.63) is 62.8 Å². The van der Waals surface area contributed by atoms with Crippen LogP contribution in [0.3, 0.4) is 0 Å². The number of benzene rings is 1. The number of methoxy groups -OCH3 is 1. The first-order valence-electron chi connectivity index (χ1n) is 10.7. The molecule has 1 aliphatic heterocycles. The molecule has 3 aromatic rings. The summed E-state index contributed by atoms with van der Waals surface area (Å²) in [5.41, 5.74) is 0.381. The van der Waals surface area contributed by atoms with Gasteiger partial charge in [0.1, 0.15) is 10.8 Å². The van der Waals surface area contributed by atoms with Crippen molar-refractivity contribution in [3.8, 4) is 16.3 Å². The van der Waals surface area contributed by atoms with Crippen LogP contribution in [0.15, 0.2) is 35.3 Å². The summed E-state index contributed by atoms with van der Waals surface area (Å²) in [6.45, 7) is 4.71. The highest BCUT2D eigenvalue weighted by atomic mass is 32.1. The molecule has 0 saturated carbocycles. The van der Waals surface area contributed by atoms with Crippen molar-refractivity contribution in [1.29, 1.82) is 0 Å². The average Bonchev–Trinajstić information content (AvgIpc) is 3.27. The highest BCUT2D eigenvalue weighted by Gasteiger charge is 2.35. The topological polar surface area (TPSA) is 97.6 Å². The van der Waals surface area contributed by atoms with E-state index in [1.165, 1.54) is 23.5 Å². The Kier molecular flexibility index (Phi) is 6.57. The second-order valence-electron chi connectivity index (χ2n) is 8.06. The first-order valence-corrected chi connectivity index (χ1v) is 11.5. The number of ether oxygens (including phenoxy) is 1. The van der Waals surface area contributed by atoms with Crippen molar-refractivity contribution in [3.63, 3.8) is 0 Å². The fourth-order valence-corrected chi connectivity index (χ4v) is 4.88. The lowest BCUT2D eigenvalue weighted by Gasteiger charge is -2.36. The van der Waals surface area contributed by atoms with Gasteiger partial charge in [0.05, 0.1) is 17.7 Å². The maximum absolute atomic E-state index is 13.2. The van der Waals surface area contributed by atoms with Gasteiger partial charge in [-0.25, -0.2) is 4.39 Å². The molecule has 174 valence electrons. The summed E-state index contributed by atoms with van der Waals surface area (Å²) < 4.78 is 20.3. The van der Waals surface area contributed by atoms with E-state index < -0.39 is 11.2 Å². The Morgan fingerprint density at radius 2 is 2.00 bits per heavy atom. The van der Waals surface area contributed by atoms with Gasteiger partial charge >= 0.3 is 0 Å². The van der Waals surface area contributed by atoms with Gasteiger partial charge in [0.2, 0.25) is 5.43 Å². The van der Waals surface area contributed by atoms with Gasteiger partial charge in [0.25, 0.3) is 5.91 Å². The van der Waals surface area contributed by atoms with E-state index in [9.17, 15) is 19.1 Å². The molecule has 0 unspecified atom stereocenters. The second-order valence-corrected chi connectivity index (χ2v) is 9.12. The number of pyridine rings is 1. The summed E-state index contributed by atoms with van der Waals surface area (Å²) in [5, 5.41) is 20.1. The lowest BCUT2D eigenvalue weighted by atomic mass is 10.0. The number of halogens is 1. The van der Waals surface area contributed by atoms with Gasteiger partial charge in [-0.15, -0.1) is 10.2 Å². The molecular weight excluding hydrogens is 447 g/mol. The number of amides is 1. The zero-order valence-corrected chi connectivity index (χ0v) is 19.4. The maximum Gasteiger partial charge on any atom is 0.274 e. The first kappa shape index (κ1) is 23.1. The van der Waals surface area contributed by atoms with Crippen LogP contribution >= 0.6 is 11.3 Å². The highest BCUT2D eigenvalue weighted by Crippen LogP contribution is 2.32. The number of aromatic nitrogens is 3. The molecule has 0 bridgehead atoms. The molecule has 2 aromatic heterocycles. The van der Waals surface area contributed by atoms with Crippen molar-refractivity contribution < 1.29 is 19.0 Å². The third-order valence-corrected chi connectivity index (χ3v) is 6.84. The molecule has 2 atom stereocenters. The molecule has 10 heteroatoms. The van der Waals surface area contributed by atoms with E-state index in [1.807, 2.05) is 13.8 Å². The Morgan fingerprint density at radius 1 is 1.27 bits per heavy atom. The van der Waals surface area contributed by atoms with Gasteiger partial charge in [-0.3, -0.25) is 9.59 Å². The molecule has 33 heavy (non-hydrogen) atoms. The Hall–Kier alpha value is -3.11. The Labute approximate surface area is 194 Å². The van der Waals surface area contributed by atoms with Gasteiger partial charge in [-0.05, 0) is 38.0 Å². The lowest BCUT2D eigenvalue weighted by Crippen LogP contribution is -2.45. The van der Waals surface area contributed by atoms with Crippen molar-refractivity contribution >= 4 is 17.2 Å². The minimum Gasteiger partial charge on any atom is -0.503 e. The SMILES string of the molecule is CCN1C[C@H](C[C@@H](C)OC)n2cc(-c3nnc(Cc4ccc(F)cc4)s3)c(=O)c(O)c2C1=O. The number of fused-ring (bicyclic) bond motifs is 1. The number of nitrogens with zero attached hydrogens (tertiary/aromatic N) is 4. The fourth-order valence-electron chi connectivity index (χ4n) is 4.00. The van der Waals surface area contributed by atoms with E-state index in [0.29, 0.717) is 35.9 Å². The molecule has 3 heterocycles. The molecule has 0 radical (unpaired) electrons. The lowest BCUT2D eigenvalue weighted by molar-refractivity contribution is 0.0569. The molecule has 0 aliphatic carbocycles. The predicted octanol–water partition coefficient (Wildman–Crippen LogP) is 3.24. The van der Waals surface area contributed by atoms with Crippen LogP contribution in [0.2, 0.25) is 0 Å². The molecule has 0 saturated heterocycles. The van der Waals surface area contributed by atoms with Crippen LogP contribution in [-0.2, 0) is 11.2 Å². The minimum atomic E-state index is -0.657. The van der Waals surface area contributed by atoms with Gasteiger partial charge in [0.15, 0.2) is 16.5 Å². The third kappa shape index (κ3) is 4.53. The van der Waals surface area contributed by atoms with E-state index in [0.717, 1.165) is 5.56 Å². The van der Waals surface area contributed by atoms with Gasteiger partial charge in [0, 0.05) is 32.8 Å². The molecule has 1 aliphatic rings. The molecule has 0 spiro atoms. The standard InChI is InChI=1S/C23H25FN4O4S/c1-4-27-11-16(9-13(2)32-3)28-12-17(20(29)21(30)19(28)23(27)31)22-26-25-18(33-22)10-14-5-7-15(24)8-6-14/h5-8,12-13,16,30H,4,9-11H2,1-3H3/t13-,16+/m1/s1. The second kappa shape index (κ2) is 9.40. The normalized spacial score (nSPS) is 16.7. The Bertz CT molecular complexity index is 1220. The molecule has 0 fully saturated rings. The van der Waals surface area contributed by atoms with E-state index in [-0.39, 0.29) is 35.1 Å². The fraction of sp³-hybridized carbons (Fsp3) is 0.391. The number of carbonyl (C=O) groups excluding carboxylic acids is 1. The van der Waals surface area contributed by atoms with Gasteiger partial charge in [-0.1, -0.05) is 23.5 Å². The Balaban J connectivity index is 1.74. The molecule has 1 N–H and O–H groups in total. The molecule has 8 nitrogen and oxygen atoms in total. The number of aromatic hydroxyl groups is 1. The summed E-state index contributed by atoms with van der Waals surface area (Å²) in [6.07, 6.45) is 2.55. The smallest absolute Gasteiger partial charge is 0.274 e. The zero-order valence-electron chi connectivity index (χ0n) is 18.6. The van der Waals surface area contributed by atoms with E-state index in [1.54, 1.807) is 34.9 Å². The van der Waals surface area contributed by atoms with E-state index >= 15 is 0 Å². The molecular formula is C23H25FN4O4S. The quantitative estimate of drug-likeness (QED) is 0.567. The molecule has 1 aromatic carbocycles. The summed E-state index contributed by atoms with van der Waals surface area (Å²) in [7, 11) is 1.62. The van der Waals surface area contributed by atoms with Crippen LogP contribution in [0.1, 0.15) is 47.4 Å². The monoisotopic (exact) mass is 472 g/mol. The average molecular weight is 473 g/mol.